The van der Waals surface area contributed by atoms with Crippen molar-refractivity contribution in [3.8, 4) is 0 Å². The summed E-state index contributed by atoms with van der Waals surface area (Å²) in [7, 11) is 0. The lowest BCUT2D eigenvalue weighted by atomic mass is 9.65. The van der Waals surface area contributed by atoms with E-state index < -0.39 is 0 Å². The fraction of sp³-hybridized carbons (Fsp3) is 0.579. The number of hydrogen-bond acceptors (Lipinski definition) is 2. The van der Waals surface area contributed by atoms with Gasteiger partial charge in [0.25, 0.3) is 0 Å². The van der Waals surface area contributed by atoms with Crippen molar-refractivity contribution in [3.63, 3.8) is 0 Å². The Hall–Kier alpha value is -1.64. The SMILES string of the molecule is C/C=C\C(CC)(n1nc2ccccc2n1)[C@](C)(CC)CCC. The molecule has 1 aromatic heterocycles. The molecule has 0 radical (unpaired) electrons. The molecule has 0 bridgehead atoms. The molecule has 1 aromatic carbocycles. The van der Waals surface area contributed by atoms with Crippen molar-refractivity contribution in [3.05, 3.63) is 36.4 Å². The van der Waals surface area contributed by atoms with E-state index in [0.717, 1.165) is 23.9 Å². The summed E-state index contributed by atoms with van der Waals surface area (Å²) in [6.07, 6.45) is 8.90. The van der Waals surface area contributed by atoms with Crippen LogP contribution in [0.4, 0.5) is 0 Å². The largest absolute Gasteiger partial charge is 0.173 e. The first-order valence-electron chi connectivity index (χ1n) is 8.53. The minimum Gasteiger partial charge on any atom is -0.173 e. The maximum Gasteiger partial charge on any atom is 0.113 e. The normalized spacial score (nSPS) is 17.7. The molecule has 0 fully saturated rings. The van der Waals surface area contributed by atoms with Crippen molar-refractivity contribution in [2.24, 2.45) is 5.41 Å². The van der Waals surface area contributed by atoms with E-state index in [4.69, 9.17) is 10.2 Å². The van der Waals surface area contributed by atoms with Gasteiger partial charge in [-0.05, 0) is 43.7 Å². The van der Waals surface area contributed by atoms with Crippen LogP contribution in [0.5, 0.6) is 0 Å². The van der Waals surface area contributed by atoms with Crippen LogP contribution in [0.2, 0.25) is 0 Å². The predicted octanol–water partition coefficient (Wildman–Crippen LogP) is 5.33. The van der Waals surface area contributed by atoms with Crippen molar-refractivity contribution in [2.45, 2.75) is 65.8 Å². The summed E-state index contributed by atoms with van der Waals surface area (Å²) in [6.45, 7) is 11.3. The molecule has 0 aliphatic heterocycles. The lowest BCUT2D eigenvalue weighted by Crippen LogP contribution is -2.48. The van der Waals surface area contributed by atoms with Gasteiger partial charge in [0.05, 0.1) is 0 Å². The molecule has 0 spiro atoms. The van der Waals surface area contributed by atoms with Crippen molar-refractivity contribution >= 4 is 11.0 Å². The summed E-state index contributed by atoms with van der Waals surface area (Å²) in [6, 6.07) is 8.13. The number of benzene rings is 1. The zero-order valence-electron chi connectivity index (χ0n) is 14.6. The molecular formula is C19H29N3. The van der Waals surface area contributed by atoms with E-state index in [1.165, 1.54) is 12.8 Å². The molecule has 0 aliphatic rings. The first kappa shape index (κ1) is 16.7. The van der Waals surface area contributed by atoms with Crippen LogP contribution >= 0.6 is 0 Å². The van der Waals surface area contributed by atoms with Crippen LogP contribution in [0.3, 0.4) is 0 Å². The Kier molecular flexibility index (Phi) is 5.05. The Labute approximate surface area is 134 Å². The third kappa shape index (κ3) is 2.57. The predicted molar refractivity (Wildman–Crippen MR) is 93.9 cm³/mol. The molecule has 0 saturated carbocycles. The fourth-order valence-electron chi connectivity index (χ4n) is 3.76. The molecular weight excluding hydrogens is 270 g/mol. The molecule has 0 saturated heterocycles. The minimum atomic E-state index is -0.175. The molecule has 2 aromatic rings. The third-order valence-corrected chi connectivity index (χ3v) is 5.25. The van der Waals surface area contributed by atoms with Gasteiger partial charge in [0.15, 0.2) is 0 Å². The Bertz CT molecular complexity index is 610. The number of nitrogens with zero attached hydrogens (tertiary/aromatic N) is 3. The number of rotatable bonds is 7. The van der Waals surface area contributed by atoms with E-state index in [2.05, 4.69) is 46.8 Å². The van der Waals surface area contributed by atoms with Gasteiger partial charge in [-0.3, -0.25) is 0 Å². The molecule has 0 N–H and O–H groups in total. The standard InChI is InChI=1S/C19H29N3/c1-6-14-18(5,8-3)19(9-4,15-7-2)22-20-16-12-10-11-13-17(16)21-22/h7,10-13,15H,6,8-9,14H2,1-5H3/b15-7-/t18-,19?/m1/s1. The molecule has 0 aliphatic carbocycles. The van der Waals surface area contributed by atoms with Crippen LogP contribution in [-0.2, 0) is 5.54 Å². The number of allylic oxidation sites excluding steroid dienone is 2. The highest BCUT2D eigenvalue weighted by atomic mass is 15.5. The van der Waals surface area contributed by atoms with Gasteiger partial charge < -0.3 is 0 Å². The highest BCUT2D eigenvalue weighted by molar-refractivity contribution is 5.73. The Balaban J connectivity index is 2.67. The summed E-state index contributed by atoms with van der Waals surface area (Å²) < 4.78 is 0. The number of aromatic nitrogens is 3. The highest BCUT2D eigenvalue weighted by Gasteiger charge is 2.46. The molecule has 2 atom stereocenters. The van der Waals surface area contributed by atoms with Crippen LogP contribution in [0.25, 0.3) is 11.0 Å². The van der Waals surface area contributed by atoms with E-state index >= 15 is 0 Å². The summed E-state index contributed by atoms with van der Waals surface area (Å²) >= 11 is 0. The van der Waals surface area contributed by atoms with E-state index in [1.807, 2.05) is 29.1 Å². The van der Waals surface area contributed by atoms with Gasteiger partial charge in [-0.15, -0.1) is 0 Å². The molecule has 2 rings (SSSR count). The van der Waals surface area contributed by atoms with Crippen molar-refractivity contribution in [1.29, 1.82) is 0 Å². The quantitative estimate of drug-likeness (QED) is 0.647. The van der Waals surface area contributed by atoms with Crippen LogP contribution in [0.15, 0.2) is 36.4 Å². The first-order chi connectivity index (χ1) is 10.6. The molecule has 3 heteroatoms. The summed E-state index contributed by atoms with van der Waals surface area (Å²) in [5, 5.41) is 9.65. The van der Waals surface area contributed by atoms with Gasteiger partial charge in [0.2, 0.25) is 0 Å². The third-order valence-electron chi connectivity index (χ3n) is 5.25. The topological polar surface area (TPSA) is 30.7 Å². The maximum atomic E-state index is 4.83. The molecule has 3 nitrogen and oxygen atoms in total. The van der Waals surface area contributed by atoms with Gasteiger partial charge in [-0.1, -0.05) is 58.4 Å². The van der Waals surface area contributed by atoms with Gasteiger partial charge in [-0.2, -0.15) is 15.0 Å². The lowest BCUT2D eigenvalue weighted by Gasteiger charge is -2.45. The van der Waals surface area contributed by atoms with E-state index in [-0.39, 0.29) is 11.0 Å². The van der Waals surface area contributed by atoms with Crippen molar-refractivity contribution in [1.82, 2.24) is 15.0 Å². The van der Waals surface area contributed by atoms with Crippen LogP contribution in [0, 0.1) is 5.41 Å². The Morgan fingerprint density at radius 2 is 1.64 bits per heavy atom. The summed E-state index contributed by atoms with van der Waals surface area (Å²) in [5.74, 6) is 0. The average Bonchev–Trinajstić information content (AvgIpc) is 2.96. The Morgan fingerprint density at radius 1 is 1.05 bits per heavy atom. The van der Waals surface area contributed by atoms with Gasteiger partial charge in [-0.25, -0.2) is 0 Å². The van der Waals surface area contributed by atoms with Gasteiger partial charge >= 0.3 is 0 Å². The maximum absolute atomic E-state index is 4.83. The van der Waals surface area contributed by atoms with Crippen LogP contribution in [0.1, 0.15) is 60.3 Å². The molecule has 0 amide bonds. The monoisotopic (exact) mass is 299 g/mol. The number of hydrogen-bond donors (Lipinski definition) is 0. The molecule has 1 unspecified atom stereocenters. The molecule has 22 heavy (non-hydrogen) atoms. The zero-order chi connectivity index (χ0) is 16.2. The van der Waals surface area contributed by atoms with E-state index in [0.29, 0.717) is 0 Å². The molecule has 1 heterocycles. The lowest BCUT2D eigenvalue weighted by molar-refractivity contribution is 0.0617. The average molecular weight is 299 g/mol. The van der Waals surface area contributed by atoms with Crippen LogP contribution < -0.4 is 0 Å². The highest BCUT2D eigenvalue weighted by Crippen LogP contribution is 2.47. The smallest absolute Gasteiger partial charge is 0.113 e. The minimum absolute atomic E-state index is 0.137. The Morgan fingerprint density at radius 3 is 2.05 bits per heavy atom. The molecule has 120 valence electrons. The first-order valence-corrected chi connectivity index (χ1v) is 8.53. The zero-order valence-corrected chi connectivity index (χ0v) is 14.6. The van der Waals surface area contributed by atoms with E-state index in [9.17, 15) is 0 Å². The summed E-state index contributed by atoms with van der Waals surface area (Å²) in [5.41, 5.74) is 1.91. The van der Waals surface area contributed by atoms with E-state index in [1.54, 1.807) is 0 Å². The van der Waals surface area contributed by atoms with Gasteiger partial charge in [0, 0.05) is 0 Å². The fourth-order valence-corrected chi connectivity index (χ4v) is 3.76. The number of fused-ring (bicyclic) bond motifs is 1. The van der Waals surface area contributed by atoms with Crippen molar-refractivity contribution < 1.29 is 0 Å². The van der Waals surface area contributed by atoms with Crippen molar-refractivity contribution in [2.75, 3.05) is 0 Å². The van der Waals surface area contributed by atoms with Gasteiger partial charge in [0.1, 0.15) is 16.6 Å². The summed E-state index contributed by atoms with van der Waals surface area (Å²) in [4.78, 5) is 1.98. The second kappa shape index (κ2) is 6.64. The second-order valence-corrected chi connectivity index (χ2v) is 6.42. The second-order valence-electron chi connectivity index (χ2n) is 6.42. The van der Waals surface area contributed by atoms with Crippen LogP contribution in [-0.4, -0.2) is 15.0 Å².